The molecule has 5 nitrogen and oxygen atoms in total. The van der Waals surface area contributed by atoms with E-state index < -0.39 is 0 Å². The maximum Gasteiger partial charge on any atom is 0.220 e. The molecule has 1 aromatic rings. The number of nitrogens with zero attached hydrogens (tertiary/aromatic N) is 3. The summed E-state index contributed by atoms with van der Waals surface area (Å²) in [5, 5.41) is 4.17. The maximum atomic E-state index is 11.7. The van der Waals surface area contributed by atoms with Gasteiger partial charge in [0.1, 0.15) is 5.82 Å². The fraction of sp³-hybridized carbons (Fsp3) is 0.786. The molecule has 1 aliphatic carbocycles. The molecule has 2 fully saturated rings. The molecule has 1 atom stereocenters. The van der Waals surface area contributed by atoms with Crippen molar-refractivity contribution in [2.24, 2.45) is 0 Å². The highest BCUT2D eigenvalue weighted by atomic mass is 32.1. The van der Waals surface area contributed by atoms with E-state index in [1.807, 2.05) is 6.92 Å². The van der Waals surface area contributed by atoms with Gasteiger partial charge in [0, 0.05) is 43.0 Å². The van der Waals surface area contributed by atoms with Crippen LogP contribution in [0.25, 0.3) is 0 Å². The van der Waals surface area contributed by atoms with Crippen LogP contribution in [0.15, 0.2) is 0 Å². The van der Waals surface area contributed by atoms with Gasteiger partial charge in [-0.05, 0) is 32.1 Å². The molecule has 2 heterocycles. The van der Waals surface area contributed by atoms with Crippen LogP contribution < -0.4 is 10.2 Å². The van der Waals surface area contributed by atoms with Gasteiger partial charge in [0.2, 0.25) is 11.0 Å². The van der Waals surface area contributed by atoms with Gasteiger partial charge in [0.15, 0.2) is 0 Å². The van der Waals surface area contributed by atoms with Gasteiger partial charge in [-0.15, -0.1) is 0 Å². The van der Waals surface area contributed by atoms with Crippen LogP contribution >= 0.6 is 11.5 Å². The van der Waals surface area contributed by atoms with E-state index in [-0.39, 0.29) is 11.9 Å². The first-order valence-electron chi connectivity index (χ1n) is 7.64. The summed E-state index contributed by atoms with van der Waals surface area (Å²) in [6.07, 6.45) is 6.19. The highest BCUT2D eigenvalue weighted by molar-refractivity contribution is 7.09. The molecule has 6 heteroatoms. The highest BCUT2D eigenvalue weighted by Gasteiger charge is 2.29. The lowest BCUT2D eigenvalue weighted by Gasteiger charge is -2.32. The highest BCUT2D eigenvalue weighted by Crippen LogP contribution is 2.39. The van der Waals surface area contributed by atoms with Crippen molar-refractivity contribution in [1.29, 1.82) is 0 Å². The van der Waals surface area contributed by atoms with Crippen molar-refractivity contribution >= 4 is 22.6 Å². The third-order valence-corrected chi connectivity index (χ3v) is 4.70. The Morgan fingerprint density at radius 1 is 1.45 bits per heavy atom. The van der Waals surface area contributed by atoms with Gasteiger partial charge in [-0.1, -0.05) is 6.92 Å². The van der Waals surface area contributed by atoms with Crippen LogP contribution in [0.5, 0.6) is 0 Å². The number of rotatable bonds is 5. The van der Waals surface area contributed by atoms with E-state index in [1.165, 1.54) is 24.4 Å². The first-order chi connectivity index (χ1) is 9.76. The van der Waals surface area contributed by atoms with Gasteiger partial charge in [-0.2, -0.15) is 4.37 Å². The van der Waals surface area contributed by atoms with Crippen molar-refractivity contribution in [1.82, 2.24) is 14.7 Å². The number of hydrogen-bond acceptors (Lipinski definition) is 5. The van der Waals surface area contributed by atoms with E-state index in [0.717, 1.165) is 43.3 Å². The minimum atomic E-state index is 0.176. The maximum absolute atomic E-state index is 11.7. The van der Waals surface area contributed by atoms with Crippen LogP contribution in [0, 0.1) is 0 Å². The number of anilines is 1. The molecular weight excluding hydrogens is 272 g/mol. The summed E-state index contributed by atoms with van der Waals surface area (Å²) in [4.78, 5) is 18.6. The number of amides is 1. The van der Waals surface area contributed by atoms with Gasteiger partial charge in [-0.25, -0.2) is 4.98 Å². The molecule has 3 rings (SSSR count). The Kier molecular flexibility index (Phi) is 4.19. The van der Waals surface area contributed by atoms with Crippen LogP contribution in [-0.4, -0.2) is 34.4 Å². The summed E-state index contributed by atoms with van der Waals surface area (Å²) in [6.45, 7) is 3.93. The third-order valence-electron chi connectivity index (χ3n) is 3.91. The molecule has 1 N–H and O–H groups in total. The van der Waals surface area contributed by atoms with E-state index in [2.05, 4.69) is 19.6 Å². The first kappa shape index (κ1) is 13.8. The predicted molar refractivity (Wildman–Crippen MR) is 80.2 cm³/mol. The summed E-state index contributed by atoms with van der Waals surface area (Å²) in [6, 6.07) is 0.260. The lowest BCUT2D eigenvalue weighted by Crippen LogP contribution is -2.47. The number of piperidine rings is 1. The third kappa shape index (κ3) is 3.29. The predicted octanol–water partition coefficient (Wildman–Crippen LogP) is 2.30. The molecule has 1 saturated carbocycles. The Balaban J connectivity index is 1.57. The zero-order chi connectivity index (χ0) is 13.9. The molecule has 0 radical (unpaired) electrons. The summed E-state index contributed by atoms with van der Waals surface area (Å²) >= 11 is 1.51. The zero-order valence-electron chi connectivity index (χ0n) is 12.0. The van der Waals surface area contributed by atoms with Crippen molar-refractivity contribution in [3.63, 3.8) is 0 Å². The summed E-state index contributed by atoms with van der Waals surface area (Å²) in [5.41, 5.74) is 0. The van der Waals surface area contributed by atoms with Crippen molar-refractivity contribution in [3.8, 4) is 0 Å². The topological polar surface area (TPSA) is 58.1 Å². The molecule has 1 saturated heterocycles. The monoisotopic (exact) mass is 294 g/mol. The number of carbonyl (C=O) groups excluding carboxylic acids is 1. The second kappa shape index (κ2) is 6.08. The van der Waals surface area contributed by atoms with Crippen molar-refractivity contribution in [3.05, 3.63) is 5.82 Å². The van der Waals surface area contributed by atoms with Crippen LogP contribution in [0.4, 0.5) is 5.13 Å². The van der Waals surface area contributed by atoms with E-state index in [0.29, 0.717) is 12.3 Å². The van der Waals surface area contributed by atoms with Gasteiger partial charge < -0.3 is 10.2 Å². The molecule has 0 bridgehead atoms. The van der Waals surface area contributed by atoms with E-state index in [1.54, 1.807) is 0 Å². The minimum Gasteiger partial charge on any atom is -0.352 e. The average molecular weight is 294 g/mol. The summed E-state index contributed by atoms with van der Waals surface area (Å²) in [7, 11) is 0. The summed E-state index contributed by atoms with van der Waals surface area (Å²) in [5.74, 6) is 1.82. The molecule has 1 amide bonds. The normalized spacial score (nSPS) is 22.9. The molecule has 2 aliphatic rings. The Labute approximate surface area is 123 Å². The van der Waals surface area contributed by atoms with E-state index in [9.17, 15) is 4.79 Å². The van der Waals surface area contributed by atoms with Crippen molar-refractivity contribution in [2.75, 3.05) is 18.0 Å². The largest absolute Gasteiger partial charge is 0.352 e. The smallest absolute Gasteiger partial charge is 0.220 e. The molecule has 1 aliphatic heterocycles. The van der Waals surface area contributed by atoms with Crippen molar-refractivity contribution < 1.29 is 4.79 Å². The Morgan fingerprint density at radius 2 is 2.30 bits per heavy atom. The lowest BCUT2D eigenvalue weighted by molar-refractivity contribution is -0.121. The Bertz CT molecular complexity index is 471. The fourth-order valence-electron chi connectivity index (χ4n) is 2.66. The molecule has 0 unspecified atom stereocenters. The van der Waals surface area contributed by atoms with E-state index in [4.69, 9.17) is 0 Å². The number of aromatic nitrogens is 2. The molecule has 1 aromatic heterocycles. The SMILES string of the molecule is CCCC(=O)N[C@@H]1CCCN(c2nc(C3CC3)ns2)C1. The van der Waals surface area contributed by atoms with Gasteiger partial charge >= 0.3 is 0 Å². The Hall–Kier alpha value is -1.17. The molecule has 110 valence electrons. The molecule has 0 spiro atoms. The first-order valence-corrected chi connectivity index (χ1v) is 8.41. The second-order valence-electron chi connectivity index (χ2n) is 5.81. The zero-order valence-corrected chi connectivity index (χ0v) is 12.8. The van der Waals surface area contributed by atoms with Crippen LogP contribution in [0.2, 0.25) is 0 Å². The fourth-order valence-corrected chi connectivity index (χ4v) is 3.44. The van der Waals surface area contributed by atoms with E-state index >= 15 is 0 Å². The minimum absolute atomic E-state index is 0.176. The second-order valence-corrected chi connectivity index (χ2v) is 6.54. The van der Waals surface area contributed by atoms with Crippen LogP contribution in [-0.2, 0) is 4.79 Å². The standard InChI is InChI=1S/C14H22N4OS/c1-2-4-12(19)15-11-5-3-8-18(9-11)14-16-13(17-20-14)10-6-7-10/h10-11H,2-9H2,1H3,(H,15,19)/t11-/m1/s1. The van der Waals surface area contributed by atoms with Crippen LogP contribution in [0.3, 0.4) is 0 Å². The van der Waals surface area contributed by atoms with Crippen molar-refractivity contribution in [2.45, 2.75) is 57.4 Å². The van der Waals surface area contributed by atoms with Crippen LogP contribution in [0.1, 0.15) is 57.2 Å². The summed E-state index contributed by atoms with van der Waals surface area (Å²) < 4.78 is 4.47. The molecule has 20 heavy (non-hydrogen) atoms. The number of carbonyl (C=O) groups is 1. The molecular formula is C14H22N4OS. The van der Waals surface area contributed by atoms with Gasteiger partial charge in [-0.3, -0.25) is 4.79 Å². The lowest BCUT2D eigenvalue weighted by atomic mass is 10.1. The quantitative estimate of drug-likeness (QED) is 0.905. The van der Waals surface area contributed by atoms with Gasteiger partial charge in [0.25, 0.3) is 0 Å². The Morgan fingerprint density at radius 3 is 3.05 bits per heavy atom. The molecule has 0 aromatic carbocycles. The number of nitrogens with one attached hydrogen (secondary N) is 1. The van der Waals surface area contributed by atoms with Gasteiger partial charge in [0.05, 0.1) is 0 Å². The number of hydrogen-bond donors (Lipinski definition) is 1. The average Bonchev–Trinajstić information content (AvgIpc) is 3.17.